The molecule has 0 bridgehead atoms. The first-order valence-corrected chi connectivity index (χ1v) is 8.34. The van der Waals surface area contributed by atoms with Gasteiger partial charge in [-0.25, -0.2) is 4.39 Å². The summed E-state index contributed by atoms with van der Waals surface area (Å²) in [6, 6.07) is 5.76. The fourth-order valence-corrected chi connectivity index (χ4v) is 3.25. The molecule has 0 N–H and O–H groups in total. The highest BCUT2D eigenvalue weighted by molar-refractivity contribution is 6.30. The Morgan fingerprint density at radius 1 is 1.36 bits per heavy atom. The van der Waals surface area contributed by atoms with Crippen molar-refractivity contribution in [3.8, 4) is 0 Å². The van der Waals surface area contributed by atoms with Gasteiger partial charge in [0.1, 0.15) is 5.82 Å². The SMILES string of the molecule is COCCCN(Cc1cccc(Cl)c1F)C1CCN(C)CC1. The van der Waals surface area contributed by atoms with Crippen LogP contribution in [0.25, 0.3) is 0 Å². The number of hydrogen-bond donors (Lipinski definition) is 0. The van der Waals surface area contributed by atoms with Crippen molar-refractivity contribution in [2.75, 3.05) is 40.4 Å². The zero-order valence-electron chi connectivity index (χ0n) is 13.5. The second kappa shape index (κ2) is 8.82. The molecule has 0 unspecified atom stereocenters. The van der Waals surface area contributed by atoms with Gasteiger partial charge in [-0.1, -0.05) is 23.7 Å². The molecule has 1 aromatic carbocycles. The standard InChI is InChI=1S/C17H26ClFN2O/c1-20-10-7-15(8-11-20)21(9-4-12-22-2)13-14-5-3-6-16(18)17(14)19/h3,5-6,15H,4,7-13H2,1-2H3. The van der Waals surface area contributed by atoms with Crippen LogP contribution in [0.5, 0.6) is 0 Å². The lowest BCUT2D eigenvalue weighted by Gasteiger charge is -2.37. The first-order valence-electron chi connectivity index (χ1n) is 7.96. The molecule has 1 saturated heterocycles. The molecule has 0 spiro atoms. The maximum Gasteiger partial charge on any atom is 0.146 e. The van der Waals surface area contributed by atoms with Gasteiger partial charge in [-0.2, -0.15) is 0 Å². The molecule has 2 rings (SSSR count). The van der Waals surface area contributed by atoms with Crippen LogP contribution in [0.3, 0.4) is 0 Å². The number of benzene rings is 1. The maximum absolute atomic E-state index is 14.2. The number of rotatable bonds is 7. The van der Waals surface area contributed by atoms with Crippen LogP contribution in [0.4, 0.5) is 4.39 Å². The number of methoxy groups -OCH3 is 1. The second-order valence-corrected chi connectivity index (χ2v) is 6.47. The summed E-state index contributed by atoms with van der Waals surface area (Å²) in [5, 5.41) is 0.206. The third-order valence-electron chi connectivity index (χ3n) is 4.40. The average molecular weight is 329 g/mol. The summed E-state index contributed by atoms with van der Waals surface area (Å²) in [4.78, 5) is 4.74. The minimum Gasteiger partial charge on any atom is -0.385 e. The minimum atomic E-state index is -0.283. The van der Waals surface area contributed by atoms with Gasteiger partial charge in [0, 0.05) is 38.4 Å². The molecule has 124 valence electrons. The molecule has 1 aliphatic heterocycles. The summed E-state index contributed by atoms with van der Waals surface area (Å²) in [5.41, 5.74) is 0.684. The van der Waals surface area contributed by atoms with Crippen molar-refractivity contribution in [1.29, 1.82) is 0 Å². The minimum absolute atomic E-state index is 0.206. The van der Waals surface area contributed by atoms with Gasteiger partial charge < -0.3 is 9.64 Å². The molecular formula is C17H26ClFN2O. The van der Waals surface area contributed by atoms with Crippen molar-refractivity contribution in [3.63, 3.8) is 0 Å². The zero-order chi connectivity index (χ0) is 15.9. The van der Waals surface area contributed by atoms with E-state index in [2.05, 4.69) is 16.8 Å². The van der Waals surface area contributed by atoms with E-state index in [4.69, 9.17) is 16.3 Å². The number of ether oxygens (including phenoxy) is 1. The monoisotopic (exact) mass is 328 g/mol. The van der Waals surface area contributed by atoms with Crippen LogP contribution in [-0.4, -0.2) is 56.2 Å². The third-order valence-corrected chi connectivity index (χ3v) is 4.70. The summed E-state index contributed by atoms with van der Waals surface area (Å²) in [5.74, 6) is -0.283. The van der Waals surface area contributed by atoms with E-state index in [0.717, 1.165) is 45.5 Å². The molecule has 0 saturated carbocycles. The van der Waals surface area contributed by atoms with E-state index < -0.39 is 0 Å². The summed E-state index contributed by atoms with van der Waals surface area (Å²) in [6.45, 7) is 4.48. The fraction of sp³-hybridized carbons (Fsp3) is 0.647. The van der Waals surface area contributed by atoms with Crippen molar-refractivity contribution in [3.05, 3.63) is 34.6 Å². The molecule has 0 amide bonds. The van der Waals surface area contributed by atoms with Crippen molar-refractivity contribution >= 4 is 11.6 Å². The molecule has 0 aliphatic carbocycles. The maximum atomic E-state index is 14.2. The largest absolute Gasteiger partial charge is 0.385 e. The number of hydrogen-bond acceptors (Lipinski definition) is 3. The Morgan fingerprint density at radius 3 is 2.77 bits per heavy atom. The summed E-state index contributed by atoms with van der Waals surface area (Å²) < 4.78 is 19.3. The predicted octanol–water partition coefficient (Wildman–Crippen LogP) is 3.41. The normalized spacial score (nSPS) is 17.3. The van der Waals surface area contributed by atoms with Crippen LogP contribution in [0.15, 0.2) is 18.2 Å². The van der Waals surface area contributed by atoms with Crippen LogP contribution >= 0.6 is 11.6 Å². The Labute approximate surface area is 138 Å². The Balaban J connectivity index is 2.04. The molecule has 0 radical (unpaired) electrons. The number of nitrogens with zero attached hydrogens (tertiary/aromatic N) is 2. The highest BCUT2D eigenvalue weighted by atomic mass is 35.5. The van der Waals surface area contributed by atoms with E-state index in [9.17, 15) is 4.39 Å². The smallest absolute Gasteiger partial charge is 0.146 e. The lowest BCUT2D eigenvalue weighted by Crippen LogP contribution is -2.44. The van der Waals surface area contributed by atoms with Crippen LogP contribution < -0.4 is 0 Å². The Morgan fingerprint density at radius 2 is 2.09 bits per heavy atom. The van der Waals surface area contributed by atoms with Gasteiger partial charge in [0.25, 0.3) is 0 Å². The summed E-state index contributed by atoms with van der Waals surface area (Å²) in [6.07, 6.45) is 3.22. The number of halogens is 2. The van der Waals surface area contributed by atoms with Crippen LogP contribution in [0.2, 0.25) is 5.02 Å². The topological polar surface area (TPSA) is 15.7 Å². The zero-order valence-corrected chi connectivity index (χ0v) is 14.3. The molecule has 3 nitrogen and oxygen atoms in total. The molecule has 1 heterocycles. The van der Waals surface area contributed by atoms with E-state index in [1.54, 1.807) is 13.2 Å². The molecule has 1 aromatic rings. The predicted molar refractivity (Wildman–Crippen MR) is 88.8 cm³/mol. The van der Waals surface area contributed by atoms with Crippen molar-refractivity contribution in [2.24, 2.45) is 0 Å². The number of piperidine rings is 1. The van der Waals surface area contributed by atoms with E-state index in [1.165, 1.54) is 0 Å². The lowest BCUT2D eigenvalue weighted by atomic mass is 10.0. The molecule has 22 heavy (non-hydrogen) atoms. The van der Waals surface area contributed by atoms with Crippen LogP contribution in [0, 0.1) is 5.82 Å². The molecule has 5 heteroatoms. The highest BCUT2D eigenvalue weighted by Crippen LogP contribution is 2.23. The average Bonchev–Trinajstić information content (AvgIpc) is 2.51. The Hall–Kier alpha value is -0.680. The molecule has 1 aliphatic rings. The summed E-state index contributed by atoms with van der Waals surface area (Å²) in [7, 11) is 3.87. The van der Waals surface area contributed by atoms with Gasteiger partial charge >= 0.3 is 0 Å². The van der Waals surface area contributed by atoms with Gasteiger partial charge in [-0.15, -0.1) is 0 Å². The summed E-state index contributed by atoms with van der Waals surface area (Å²) >= 11 is 5.91. The van der Waals surface area contributed by atoms with Gasteiger partial charge in [0.05, 0.1) is 5.02 Å². The Bertz CT molecular complexity index is 464. The van der Waals surface area contributed by atoms with Crippen LogP contribution in [0.1, 0.15) is 24.8 Å². The van der Waals surface area contributed by atoms with E-state index in [-0.39, 0.29) is 10.8 Å². The highest BCUT2D eigenvalue weighted by Gasteiger charge is 2.24. The van der Waals surface area contributed by atoms with Crippen molar-refractivity contribution in [1.82, 2.24) is 9.80 Å². The molecule has 0 aromatic heterocycles. The van der Waals surface area contributed by atoms with Gasteiger partial charge in [-0.05, 0) is 45.5 Å². The fourth-order valence-electron chi connectivity index (χ4n) is 3.05. The lowest BCUT2D eigenvalue weighted by molar-refractivity contribution is 0.0991. The van der Waals surface area contributed by atoms with E-state index in [0.29, 0.717) is 18.2 Å². The number of likely N-dealkylation sites (tertiary alicyclic amines) is 1. The molecule has 1 fully saturated rings. The van der Waals surface area contributed by atoms with E-state index >= 15 is 0 Å². The van der Waals surface area contributed by atoms with Crippen LogP contribution in [-0.2, 0) is 11.3 Å². The van der Waals surface area contributed by atoms with Gasteiger partial charge in [-0.3, -0.25) is 4.90 Å². The quantitative estimate of drug-likeness (QED) is 0.713. The Kier molecular flexibility index (Phi) is 7.09. The van der Waals surface area contributed by atoms with Gasteiger partial charge in [0.2, 0.25) is 0 Å². The van der Waals surface area contributed by atoms with Crippen molar-refractivity contribution in [2.45, 2.75) is 31.8 Å². The van der Waals surface area contributed by atoms with Crippen molar-refractivity contribution < 1.29 is 9.13 Å². The van der Waals surface area contributed by atoms with Gasteiger partial charge in [0.15, 0.2) is 0 Å². The molecule has 0 atom stereocenters. The van der Waals surface area contributed by atoms with E-state index in [1.807, 2.05) is 12.1 Å². The second-order valence-electron chi connectivity index (χ2n) is 6.06. The molecular weight excluding hydrogens is 303 g/mol. The first-order chi connectivity index (χ1) is 10.6. The third kappa shape index (κ3) is 4.92. The first kappa shape index (κ1) is 17.7.